The minimum absolute atomic E-state index is 0.0309. The maximum Gasteiger partial charge on any atom is 0.242 e. The van der Waals surface area contributed by atoms with Gasteiger partial charge in [-0.2, -0.15) is 0 Å². The Kier molecular flexibility index (Phi) is 10.6. The van der Waals surface area contributed by atoms with Gasteiger partial charge in [0.05, 0.1) is 12.6 Å². The fourth-order valence-electron chi connectivity index (χ4n) is 4.72. The van der Waals surface area contributed by atoms with Crippen LogP contribution < -0.4 is 0 Å². The molecule has 1 aliphatic rings. The van der Waals surface area contributed by atoms with E-state index in [1.54, 1.807) is 16.2 Å². The summed E-state index contributed by atoms with van der Waals surface area (Å²) in [5.74, 6) is 0.116. The van der Waals surface area contributed by atoms with Gasteiger partial charge in [0, 0.05) is 37.6 Å². The van der Waals surface area contributed by atoms with Gasteiger partial charge < -0.3 is 14.5 Å². The summed E-state index contributed by atoms with van der Waals surface area (Å²) in [7, 11) is 0. The number of rotatable bonds is 13. The van der Waals surface area contributed by atoms with Crippen molar-refractivity contribution in [2.24, 2.45) is 0 Å². The molecule has 186 valence electrons. The van der Waals surface area contributed by atoms with Crippen LogP contribution in [0.25, 0.3) is 0 Å². The Labute approximate surface area is 209 Å². The predicted octanol–water partition coefficient (Wildman–Crippen LogP) is 5.76. The second kappa shape index (κ2) is 13.6. The van der Waals surface area contributed by atoms with Crippen LogP contribution >= 0.6 is 11.3 Å². The highest BCUT2D eigenvalue weighted by Crippen LogP contribution is 2.39. The normalized spacial score (nSPS) is 15.3. The number of benzene rings is 1. The van der Waals surface area contributed by atoms with E-state index in [0.717, 1.165) is 38.5 Å². The zero-order valence-electron chi connectivity index (χ0n) is 21.1. The second-order valence-electron chi connectivity index (χ2n) is 9.07. The third-order valence-corrected chi connectivity index (χ3v) is 7.61. The smallest absolute Gasteiger partial charge is 0.242 e. The molecule has 2 aromatic rings. The zero-order valence-corrected chi connectivity index (χ0v) is 21.9. The van der Waals surface area contributed by atoms with Crippen molar-refractivity contribution in [3.8, 4) is 0 Å². The molecule has 0 saturated carbocycles. The van der Waals surface area contributed by atoms with Gasteiger partial charge >= 0.3 is 0 Å². The van der Waals surface area contributed by atoms with Crippen molar-refractivity contribution in [3.63, 3.8) is 0 Å². The van der Waals surface area contributed by atoms with E-state index in [1.165, 1.54) is 21.6 Å². The first-order valence-corrected chi connectivity index (χ1v) is 13.7. The van der Waals surface area contributed by atoms with Crippen LogP contribution in [-0.2, 0) is 20.7 Å². The van der Waals surface area contributed by atoms with Crippen molar-refractivity contribution >= 4 is 23.2 Å². The average molecular weight is 485 g/mol. The van der Waals surface area contributed by atoms with Gasteiger partial charge in [-0.25, -0.2) is 0 Å². The molecule has 1 unspecified atom stereocenters. The van der Waals surface area contributed by atoms with Gasteiger partial charge in [0.15, 0.2) is 0 Å². The lowest BCUT2D eigenvalue weighted by atomic mass is 9.90. The first-order valence-electron chi connectivity index (χ1n) is 12.8. The van der Waals surface area contributed by atoms with E-state index in [9.17, 15) is 9.59 Å². The molecular weight excluding hydrogens is 444 g/mol. The average Bonchev–Trinajstić information content (AvgIpc) is 3.32. The Morgan fingerprint density at radius 1 is 1.09 bits per heavy atom. The third-order valence-electron chi connectivity index (χ3n) is 6.61. The molecule has 5 nitrogen and oxygen atoms in total. The van der Waals surface area contributed by atoms with Gasteiger partial charge in [-0.3, -0.25) is 9.59 Å². The number of nitrogens with zero attached hydrogens (tertiary/aromatic N) is 2. The standard InChI is InChI=1S/C28H40N2O3S/c1-4-6-7-8-14-26(31)29(17-11-19-33-5-2)21-27(32)30-18-15-25-24(16-20-34-25)28(30)23-13-10-9-12-22(23)3/h9-10,12-13,16,20,28H,4-8,11,14-15,17-19,21H2,1-3H3. The van der Waals surface area contributed by atoms with Crippen LogP contribution in [0.1, 0.15) is 80.0 Å². The summed E-state index contributed by atoms with van der Waals surface area (Å²) >= 11 is 1.77. The molecule has 6 heteroatoms. The highest BCUT2D eigenvalue weighted by atomic mass is 32.1. The molecule has 1 aromatic carbocycles. The van der Waals surface area contributed by atoms with E-state index >= 15 is 0 Å². The Balaban J connectivity index is 1.76. The first kappa shape index (κ1) is 26.4. The summed E-state index contributed by atoms with van der Waals surface area (Å²) in [5, 5.41) is 2.13. The Hall–Kier alpha value is -2.18. The summed E-state index contributed by atoms with van der Waals surface area (Å²) in [4.78, 5) is 31.9. The van der Waals surface area contributed by atoms with Crippen molar-refractivity contribution in [1.29, 1.82) is 0 Å². The van der Waals surface area contributed by atoms with Crippen molar-refractivity contribution in [3.05, 3.63) is 57.3 Å². The maximum absolute atomic E-state index is 13.7. The number of hydrogen-bond acceptors (Lipinski definition) is 4. The van der Waals surface area contributed by atoms with Crippen LogP contribution in [0.3, 0.4) is 0 Å². The fraction of sp³-hybridized carbons (Fsp3) is 0.571. The minimum atomic E-state index is -0.0892. The van der Waals surface area contributed by atoms with E-state index in [0.29, 0.717) is 32.7 Å². The number of aryl methyl sites for hydroxylation is 1. The molecule has 0 radical (unpaired) electrons. The van der Waals surface area contributed by atoms with Crippen molar-refractivity contribution in [2.75, 3.05) is 32.8 Å². The number of carbonyl (C=O) groups excluding carboxylic acids is 2. The van der Waals surface area contributed by atoms with Crippen molar-refractivity contribution in [1.82, 2.24) is 9.80 Å². The van der Waals surface area contributed by atoms with E-state index in [-0.39, 0.29) is 24.4 Å². The lowest BCUT2D eigenvalue weighted by molar-refractivity contribution is -0.142. The lowest BCUT2D eigenvalue weighted by Crippen LogP contribution is -2.47. The summed E-state index contributed by atoms with van der Waals surface area (Å²) < 4.78 is 5.48. The van der Waals surface area contributed by atoms with Gasteiger partial charge in [0.25, 0.3) is 0 Å². The molecule has 3 rings (SSSR count). The van der Waals surface area contributed by atoms with E-state index in [1.807, 2.05) is 24.0 Å². The number of thiophene rings is 1. The SMILES string of the molecule is CCCCCCC(=O)N(CCCOCC)CC(=O)N1CCc2sccc2C1c1ccccc1C. The minimum Gasteiger partial charge on any atom is -0.382 e. The van der Waals surface area contributed by atoms with Crippen molar-refractivity contribution < 1.29 is 14.3 Å². The third kappa shape index (κ3) is 6.92. The van der Waals surface area contributed by atoms with Crippen LogP contribution in [0.15, 0.2) is 35.7 Å². The number of hydrogen-bond donors (Lipinski definition) is 0. The van der Waals surface area contributed by atoms with Crippen LogP contribution in [-0.4, -0.2) is 54.5 Å². The first-order chi connectivity index (χ1) is 16.6. The van der Waals surface area contributed by atoms with Crippen LogP contribution in [0, 0.1) is 6.92 Å². The molecule has 0 bridgehead atoms. The Morgan fingerprint density at radius 2 is 1.91 bits per heavy atom. The van der Waals surface area contributed by atoms with Gasteiger partial charge in [0.1, 0.15) is 0 Å². The number of amides is 2. The van der Waals surface area contributed by atoms with Crippen LogP contribution in [0.4, 0.5) is 0 Å². The monoisotopic (exact) mass is 484 g/mol. The molecule has 2 heterocycles. The molecule has 34 heavy (non-hydrogen) atoms. The van der Waals surface area contributed by atoms with E-state index < -0.39 is 0 Å². The highest BCUT2D eigenvalue weighted by molar-refractivity contribution is 7.10. The van der Waals surface area contributed by atoms with Crippen LogP contribution in [0.2, 0.25) is 0 Å². The Morgan fingerprint density at radius 3 is 2.68 bits per heavy atom. The van der Waals surface area contributed by atoms with Gasteiger partial charge in [-0.1, -0.05) is 50.5 Å². The summed E-state index contributed by atoms with van der Waals surface area (Å²) in [5.41, 5.74) is 3.58. The van der Waals surface area contributed by atoms with Gasteiger partial charge in [0.2, 0.25) is 11.8 Å². The highest BCUT2D eigenvalue weighted by Gasteiger charge is 2.34. The molecule has 0 saturated heterocycles. The number of carbonyl (C=O) groups is 2. The largest absolute Gasteiger partial charge is 0.382 e. The molecule has 1 atom stereocenters. The molecule has 2 amide bonds. The molecule has 1 aromatic heterocycles. The molecule has 0 N–H and O–H groups in total. The van der Waals surface area contributed by atoms with Gasteiger partial charge in [-0.15, -0.1) is 11.3 Å². The lowest BCUT2D eigenvalue weighted by Gasteiger charge is -2.38. The topological polar surface area (TPSA) is 49.9 Å². The van der Waals surface area contributed by atoms with E-state index in [4.69, 9.17) is 4.74 Å². The second-order valence-corrected chi connectivity index (χ2v) is 10.1. The molecule has 0 fully saturated rings. The molecule has 1 aliphatic heterocycles. The molecule has 0 spiro atoms. The molecule has 0 aliphatic carbocycles. The number of unbranched alkanes of at least 4 members (excludes halogenated alkanes) is 3. The molecular formula is C28H40N2O3S. The quantitative estimate of drug-likeness (QED) is 0.340. The number of ether oxygens (including phenoxy) is 1. The summed E-state index contributed by atoms with van der Waals surface area (Å²) in [6.45, 7) is 8.91. The predicted molar refractivity (Wildman–Crippen MR) is 139 cm³/mol. The zero-order chi connectivity index (χ0) is 24.3. The van der Waals surface area contributed by atoms with Crippen molar-refractivity contribution in [2.45, 2.75) is 71.8 Å². The van der Waals surface area contributed by atoms with E-state index in [2.05, 4.69) is 37.4 Å². The van der Waals surface area contributed by atoms with Crippen LogP contribution in [0.5, 0.6) is 0 Å². The summed E-state index contributed by atoms with van der Waals surface area (Å²) in [6, 6.07) is 10.4. The number of fused-ring (bicyclic) bond motifs is 1. The fourth-order valence-corrected chi connectivity index (χ4v) is 5.63. The summed E-state index contributed by atoms with van der Waals surface area (Å²) in [6.07, 6.45) is 6.37. The van der Waals surface area contributed by atoms with Gasteiger partial charge in [-0.05, 0) is 61.2 Å². The Bertz CT molecular complexity index is 926. The maximum atomic E-state index is 13.7.